The van der Waals surface area contributed by atoms with Gasteiger partial charge < -0.3 is 14.8 Å². The van der Waals surface area contributed by atoms with Gasteiger partial charge in [-0.05, 0) is 49.8 Å². The fraction of sp³-hybridized carbons (Fsp3) is 0.647. The topological polar surface area (TPSA) is 30.5 Å². The summed E-state index contributed by atoms with van der Waals surface area (Å²) in [6.07, 6.45) is 6.41. The molecule has 0 bridgehead atoms. The maximum atomic E-state index is 6.15. The van der Waals surface area contributed by atoms with Crippen LogP contribution < -0.4 is 5.32 Å². The van der Waals surface area contributed by atoms with Crippen LogP contribution >= 0.6 is 11.6 Å². The molecule has 21 heavy (non-hydrogen) atoms. The van der Waals surface area contributed by atoms with Gasteiger partial charge in [0.2, 0.25) is 0 Å². The summed E-state index contributed by atoms with van der Waals surface area (Å²) < 4.78 is 11.9. The van der Waals surface area contributed by atoms with Gasteiger partial charge in [-0.15, -0.1) is 0 Å². The minimum absolute atomic E-state index is 0.0508. The number of benzene rings is 1. The molecule has 1 saturated carbocycles. The highest BCUT2D eigenvalue weighted by Crippen LogP contribution is 2.25. The number of rotatable bonds is 7. The zero-order valence-electron chi connectivity index (χ0n) is 12.4. The molecule has 1 aromatic carbocycles. The molecule has 4 heteroatoms. The number of ether oxygens (including phenoxy) is 2. The van der Waals surface area contributed by atoms with E-state index < -0.39 is 0 Å². The van der Waals surface area contributed by atoms with Crippen molar-refractivity contribution in [2.45, 2.75) is 50.4 Å². The van der Waals surface area contributed by atoms with Crippen molar-refractivity contribution in [1.29, 1.82) is 0 Å². The van der Waals surface area contributed by atoms with E-state index in [0.717, 1.165) is 30.2 Å². The molecule has 1 aliphatic heterocycles. The summed E-state index contributed by atoms with van der Waals surface area (Å²) in [7, 11) is 0. The molecule has 2 unspecified atom stereocenters. The van der Waals surface area contributed by atoms with Crippen molar-refractivity contribution in [3.63, 3.8) is 0 Å². The Morgan fingerprint density at radius 1 is 1.29 bits per heavy atom. The summed E-state index contributed by atoms with van der Waals surface area (Å²) in [5.74, 6) is 0. The van der Waals surface area contributed by atoms with Crippen molar-refractivity contribution in [3.8, 4) is 0 Å². The minimum atomic E-state index is 0.0508. The van der Waals surface area contributed by atoms with Crippen LogP contribution in [0.15, 0.2) is 24.3 Å². The fourth-order valence-corrected chi connectivity index (χ4v) is 2.90. The van der Waals surface area contributed by atoms with Crippen LogP contribution in [0.5, 0.6) is 0 Å². The van der Waals surface area contributed by atoms with Gasteiger partial charge >= 0.3 is 0 Å². The quantitative estimate of drug-likeness (QED) is 0.832. The normalized spacial score (nSPS) is 24.0. The zero-order valence-corrected chi connectivity index (χ0v) is 13.1. The summed E-state index contributed by atoms with van der Waals surface area (Å²) in [6.45, 7) is 2.39. The first-order valence-corrected chi connectivity index (χ1v) is 8.41. The molecule has 0 radical (unpaired) electrons. The molecule has 2 aliphatic rings. The van der Waals surface area contributed by atoms with E-state index in [1.165, 1.54) is 25.7 Å². The van der Waals surface area contributed by atoms with Crippen LogP contribution in [0.4, 0.5) is 0 Å². The smallest absolute Gasteiger partial charge is 0.0951 e. The standard InChI is InChI=1S/C17H24ClNO2/c18-14-5-3-4-13(10-14)17(11-19-15-7-8-15)21-12-16-6-1-2-9-20-16/h3-5,10,15-17,19H,1-2,6-9,11-12H2. The third-order valence-electron chi connectivity index (χ3n) is 4.15. The van der Waals surface area contributed by atoms with Gasteiger partial charge in [-0.1, -0.05) is 23.7 Å². The highest BCUT2D eigenvalue weighted by atomic mass is 35.5. The lowest BCUT2D eigenvalue weighted by Crippen LogP contribution is -2.30. The Labute approximate surface area is 132 Å². The van der Waals surface area contributed by atoms with Crippen LogP contribution in [-0.4, -0.2) is 31.9 Å². The predicted octanol–water partition coefficient (Wildman–Crippen LogP) is 3.72. The monoisotopic (exact) mass is 309 g/mol. The summed E-state index contributed by atoms with van der Waals surface area (Å²) in [4.78, 5) is 0. The number of hydrogen-bond acceptors (Lipinski definition) is 3. The van der Waals surface area contributed by atoms with Gasteiger partial charge in [0.1, 0.15) is 0 Å². The Balaban J connectivity index is 1.57. The largest absolute Gasteiger partial charge is 0.376 e. The fourth-order valence-electron chi connectivity index (χ4n) is 2.70. The SMILES string of the molecule is Clc1cccc(C(CNC2CC2)OCC2CCCCO2)c1. The Morgan fingerprint density at radius 2 is 2.19 bits per heavy atom. The molecule has 2 fully saturated rings. The molecular formula is C17H24ClNO2. The van der Waals surface area contributed by atoms with Crippen molar-refractivity contribution in [2.75, 3.05) is 19.8 Å². The van der Waals surface area contributed by atoms with Gasteiger partial charge in [0.25, 0.3) is 0 Å². The molecular weight excluding hydrogens is 286 g/mol. The molecule has 1 heterocycles. The summed E-state index contributed by atoms with van der Waals surface area (Å²) in [6, 6.07) is 8.67. The highest BCUT2D eigenvalue weighted by molar-refractivity contribution is 6.30. The van der Waals surface area contributed by atoms with Gasteiger partial charge in [-0.25, -0.2) is 0 Å². The molecule has 1 aromatic rings. The maximum Gasteiger partial charge on any atom is 0.0951 e. The number of halogens is 1. The van der Waals surface area contributed by atoms with E-state index in [4.69, 9.17) is 21.1 Å². The Kier molecular flexibility index (Phi) is 5.53. The Hall–Kier alpha value is -0.610. The van der Waals surface area contributed by atoms with E-state index >= 15 is 0 Å². The van der Waals surface area contributed by atoms with Crippen LogP contribution in [0.1, 0.15) is 43.8 Å². The average molecular weight is 310 g/mol. The molecule has 0 aromatic heterocycles. The first-order chi connectivity index (χ1) is 10.3. The van der Waals surface area contributed by atoms with Crippen molar-refractivity contribution < 1.29 is 9.47 Å². The van der Waals surface area contributed by atoms with Crippen molar-refractivity contribution in [1.82, 2.24) is 5.32 Å². The maximum absolute atomic E-state index is 6.15. The van der Waals surface area contributed by atoms with Gasteiger partial charge in [0.15, 0.2) is 0 Å². The van der Waals surface area contributed by atoms with E-state index in [1.54, 1.807) is 0 Å². The lowest BCUT2D eigenvalue weighted by atomic mass is 10.1. The van der Waals surface area contributed by atoms with E-state index in [2.05, 4.69) is 11.4 Å². The second-order valence-electron chi connectivity index (χ2n) is 6.05. The van der Waals surface area contributed by atoms with Crippen molar-refractivity contribution in [2.24, 2.45) is 0 Å². The molecule has 2 atom stereocenters. The molecule has 1 aliphatic carbocycles. The lowest BCUT2D eigenvalue weighted by molar-refractivity contribution is -0.0634. The predicted molar refractivity (Wildman–Crippen MR) is 84.8 cm³/mol. The molecule has 116 valence electrons. The first-order valence-electron chi connectivity index (χ1n) is 8.03. The third kappa shape index (κ3) is 4.96. The molecule has 0 amide bonds. The first kappa shape index (κ1) is 15.3. The van der Waals surface area contributed by atoms with Crippen LogP contribution in [0.2, 0.25) is 5.02 Å². The third-order valence-corrected chi connectivity index (χ3v) is 4.38. The number of hydrogen-bond donors (Lipinski definition) is 1. The molecule has 1 saturated heterocycles. The minimum Gasteiger partial charge on any atom is -0.376 e. The van der Waals surface area contributed by atoms with Crippen LogP contribution in [0, 0.1) is 0 Å². The van der Waals surface area contributed by atoms with Gasteiger partial charge in [-0.2, -0.15) is 0 Å². The summed E-state index contributed by atoms with van der Waals surface area (Å²) in [5, 5.41) is 4.32. The van der Waals surface area contributed by atoms with Gasteiger partial charge in [-0.3, -0.25) is 0 Å². The Bertz CT molecular complexity index is 444. The van der Waals surface area contributed by atoms with Gasteiger partial charge in [0, 0.05) is 24.2 Å². The van der Waals surface area contributed by atoms with Crippen LogP contribution in [0.25, 0.3) is 0 Å². The second-order valence-corrected chi connectivity index (χ2v) is 6.48. The molecule has 0 spiro atoms. The molecule has 3 rings (SSSR count). The van der Waals surface area contributed by atoms with E-state index in [0.29, 0.717) is 12.6 Å². The van der Waals surface area contributed by atoms with Gasteiger partial charge in [0.05, 0.1) is 18.8 Å². The molecule has 3 nitrogen and oxygen atoms in total. The van der Waals surface area contributed by atoms with E-state index in [-0.39, 0.29) is 12.2 Å². The highest BCUT2D eigenvalue weighted by Gasteiger charge is 2.24. The summed E-state index contributed by atoms with van der Waals surface area (Å²) >= 11 is 6.11. The summed E-state index contributed by atoms with van der Waals surface area (Å²) in [5.41, 5.74) is 1.14. The van der Waals surface area contributed by atoms with Crippen LogP contribution in [-0.2, 0) is 9.47 Å². The van der Waals surface area contributed by atoms with Crippen LogP contribution in [0.3, 0.4) is 0 Å². The van der Waals surface area contributed by atoms with E-state index in [1.807, 2.05) is 18.2 Å². The average Bonchev–Trinajstić information content (AvgIpc) is 3.32. The van der Waals surface area contributed by atoms with E-state index in [9.17, 15) is 0 Å². The molecule has 1 N–H and O–H groups in total. The Morgan fingerprint density at radius 3 is 2.90 bits per heavy atom. The number of nitrogens with one attached hydrogen (secondary N) is 1. The second kappa shape index (κ2) is 7.59. The lowest BCUT2D eigenvalue weighted by Gasteiger charge is -2.26. The van der Waals surface area contributed by atoms with Crippen molar-refractivity contribution >= 4 is 11.6 Å². The van der Waals surface area contributed by atoms with Crippen molar-refractivity contribution in [3.05, 3.63) is 34.9 Å². The zero-order chi connectivity index (χ0) is 14.5.